The van der Waals surface area contributed by atoms with Crippen molar-refractivity contribution in [2.24, 2.45) is 0 Å². The Hall–Kier alpha value is -2.87. The summed E-state index contributed by atoms with van der Waals surface area (Å²) >= 11 is 1.20. The number of amides is 1. The summed E-state index contributed by atoms with van der Waals surface area (Å²) in [6.07, 6.45) is -4.40. The van der Waals surface area contributed by atoms with Crippen molar-refractivity contribution in [3.05, 3.63) is 71.3 Å². The van der Waals surface area contributed by atoms with E-state index in [1.807, 2.05) is 38.1 Å². The Labute approximate surface area is 170 Å². The maximum Gasteiger partial charge on any atom is 0.416 e. The van der Waals surface area contributed by atoms with Crippen molar-refractivity contribution >= 4 is 23.4 Å². The van der Waals surface area contributed by atoms with E-state index in [1.54, 1.807) is 6.07 Å². The highest BCUT2D eigenvalue weighted by atomic mass is 32.2. The van der Waals surface area contributed by atoms with Crippen molar-refractivity contribution in [3.63, 3.8) is 0 Å². The molecular weight excluding hydrogens is 399 g/mol. The number of nitrogens with one attached hydrogen (secondary N) is 1. The Morgan fingerprint density at radius 3 is 2.28 bits per heavy atom. The first-order valence-corrected chi connectivity index (χ1v) is 9.72. The molecule has 1 aromatic heterocycles. The SMILES string of the molecule is Cc1ccc(-c2ccc(SCC(=O)Nc3ccc(C(F)(F)F)cc3)nn2)cc1C. The molecule has 0 aliphatic carbocycles. The van der Waals surface area contributed by atoms with Crippen molar-refractivity contribution in [1.82, 2.24) is 10.2 Å². The molecule has 0 radical (unpaired) electrons. The lowest BCUT2D eigenvalue weighted by Gasteiger charge is -2.09. The summed E-state index contributed by atoms with van der Waals surface area (Å²) in [6.45, 7) is 4.08. The third kappa shape index (κ3) is 5.57. The number of carbonyl (C=O) groups is 1. The molecule has 0 saturated heterocycles. The number of aromatic nitrogens is 2. The van der Waals surface area contributed by atoms with Crippen molar-refractivity contribution in [1.29, 1.82) is 0 Å². The highest BCUT2D eigenvalue weighted by Gasteiger charge is 2.29. The maximum absolute atomic E-state index is 12.6. The predicted octanol–water partition coefficient (Wildman–Crippen LogP) is 5.51. The van der Waals surface area contributed by atoms with Gasteiger partial charge in [0.1, 0.15) is 5.03 Å². The molecule has 0 aliphatic heterocycles. The summed E-state index contributed by atoms with van der Waals surface area (Å²) in [5.74, 6) is -0.270. The standard InChI is InChI=1S/C21H18F3N3OS/c1-13-3-4-15(11-14(13)2)18-9-10-20(27-26-18)29-12-19(28)25-17-7-5-16(6-8-17)21(22,23)24/h3-11H,12H2,1-2H3,(H,25,28). The summed E-state index contributed by atoms with van der Waals surface area (Å²) in [6, 6.07) is 14.0. The van der Waals surface area contributed by atoms with Gasteiger partial charge in [-0.3, -0.25) is 4.79 Å². The van der Waals surface area contributed by atoms with E-state index < -0.39 is 11.7 Å². The van der Waals surface area contributed by atoms with Crippen LogP contribution in [0.3, 0.4) is 0 Å². The maximum atomic E-state index is 12.6. The molecule has 0 unspecified atom stereocenters. The summed E-state index contributed by atoms with van der Waals surface area (Å²) in [5.41, 5.74) is 3.63. The lowest BCUT2D eigenvalue weighted by molar-refractivity contribution is -0.137. The number of alkyl halides is 3. The van der Waals surface area contributed by atoms with Gasteiger partial charge in [0.2, 0.25) is 5.91 Å². The molecule has 0 bridgehead atoms. The second-order valence-corrected chi connectivity index (χ2v) is 7.46. The highest BCUT2D eigenvalue weighted by Crippen LogP contribution is 2.30. The summed E-state index contributed by atoms with van der Waals surface area (Å²) in [5, 5.41) is 11.5. The predicted molar refractivity (Wildman–Crippen MR) is 108 cm³/mol. The van der Waals surface area contributed by atoms with E-state index in [1.165, 1.54) is 35.0 Å². The minimum atomic E-state index is -4.40. The fourth-order valence-electron chi connectivity index (χ4n) is 2.53. The van der Waals surface area contributed by atoms with Crippen LogP contribution >= 0.6 is 11.8 Å². The molecule has 0 saturated carbocycles. The van der Waals surface area contributed by atoms with Gasteiger partial charge in [-0.25, -0.2) is 0 Å². The summed E-state index contributed by atoms with van der Waals surface area (Å²) < 4.78 is 37.7. The molecule has 0 fully saturated rings. The van der Waals surface area contributed by atoms with Crippen LogP contribution in [0.5, 0.6) is 0 Å². The molecule has 1 amide bonds. The first-order chi connectivity index (χ1) is 13.7. The van der Waals surface area contributed by atoms with E-state index >= 15 is 0 Å². The number of aryl methyl sites for hydroxylation is 2. The molecule has 150 valence electrons. The van der Waals surface area contributed by atoms with Crippen molar-refractivity contribution in [3.8, 4) is 11.3 Å². The fourth-order valence-corrected chi connectivity index (χ4v) is 3.14. The van der Waals surface area contributed by atoms with Crippen LogP contribution in [0.25, 0.3) is 11.3 Å². The van der Waals surface area contributed by atoms with E-state index in [0.29, 0.717) is 10.7 Å². The van der Waals surface area contributed by atoms with Gasteiger partial charge in [0.05, 0.1) is 17.0 Å². The van der Waals surface area contributed by atoms with Crippen LogP contribution < -0.4 is 5.32 Å². The van der Waals surface area contributed by atoms with Gasteiger partial charge >= 0.3 is 6.18 Å². The number of thioether (sulfide) groups is 1. The van der Waals surface area contributed by atoms with Gasteiger partial charge in [-0.05, 0) is 67.4 Å². The van der Waals surface area contributed by atoms with Crippen LogP contribution in [-0.2, 0) is 11.0 Å². The zero-order valence-corrected chi connectivity index (χ0v) is 16.6. The number of hydrogen-bond acceptors (Lipinski definition) is 4. The van der Waals surface area contributed by atoms with Gasteiger partial charge in [0, 0.05) is 11.3 Å². The van der Waals surface area contributed by atoms with E-state index in [4.69, 9.17) is 0 Å². The van der Waals surface area contributed by atoms with Gasteiger partial charge in [-0.15, -0.1) is 10.2 Å². The van der Waals surface area contributed by atoms with Gasteiger partial charge < -0.3 is 5.32 Å². The van der Waals surface area contributed by atoms with E-state index in [-0.39, 0.29) is 11.7 Å². The van der Waals surface area contributed by atoms with Crippen LogP contribution in [0, 0.1) is 13.8 Å². The second kappa shape index (κ2) is 8.65. The monoisotopic (exact) mass is 417 g/mol. The second-order valence-electron chi connectivity index (χ2n) is 6.47. The van der Waals surface area contributed by atoms with Gasteiger partial charge in [-0.2, -0.15) is 13.2 Å². The van der Waals surface area contributed by atoms with Gasteiger partial charge in [-0.1, -0.05) is 23.9 Å². The number of anilines is 1. The van der Waals surface area contributed by atoms with Crippen molar-refractivity contribution < 1.29 is 18.0 Å². The Bertz CT molecular complexity index is 1000. The first-order valence-electron chi connectivity index (χ1n) is 8.73. The average molecular weight is 417 g/mol. The number of halogens is 3. The Morgan fingerprint density at radius 1 is 0.966 bits per heavy atom. The van der Waals surface area contributed by atoms with Crippen molar-refractivity contribution in [2.75, 3.05) is 11.1 Å². The molecule has 0 spiro atoms. The van der Waals surface area contributed by atoms with Crippen LogP contribution in [0.4, 0.5) is 18.9 Å². The Morgan fingerprint density at radius 2 is 1.69 bits per heavy atom. The van der Waals surface area contributed by atoms with Crippen LogP contribution in [0.1, 0.15) is 16.7 Å². The molecule has 1 N–H and O–H groups in total. The van der Waals surface area contributed by atoms with Gasteiger partial charge in [0.25, 0.3) is 0 Å². The average Bonchev–Trinajstić information content (AvgIpc) is 2.69. The number of nitrogens with zero attached hydrogens (tertiary/aromatic N) is 2. The highest BCUT2D eigenvalue weighted by molar-refractivity contribution is 7.99. The third-order valence-electron chi connectivity index (χ3n) is 4.29. The molecule has 29 heavy (non-hydrogen) atoms. The van der Waals surface area contributed by atoms with E-state index in [2.05, 4.69) is 15.5 Å². The lowest BCUT2D eigenvalue weighted by Crippen LogP contribution is -2.14. The molecule has 4 nitrogen and oxygen atoms in total. The van der Waals surface area contributed by atoms with E-state index in [0.717, 1.165) is 23.4 Å². The quantitative estimate of drug-likeness (QED) is 0.556. The third-order valence-corrected chi connectivity index (χ3v) is 5.21. The molecular formula is C21H18F3N3OS. The molecule has 0 atom stereocenters. The normalized spacial score (nSPS) is 11.3. The zero-order chi connectivity index (χ0) is 21.0. The molecule has 3 rings (SSSR count). The number of carbonyl (C=O) groups excluding carboxylic acids is 1. The number of benzene rings is 2. The molecule has 0 aliphatic rings. The molecule has 8 heteroatoms. The molecule has 2 aromatic carbocycles. The number of hydrogen-bond donors (Lipinski definition) is 1. The van der Waals surface area contributed by atoms with Crippen LogP contribution in [0.2, 0.25) is 0 Å². The lowest BCUT2D eigenvalue weighted by atomic mass is 10.0. The Balaban J connectivity index is 1.55. The van der Waals surface area contributed by atoms with Crippen molar-refractivity contribution in [2.45, 2.75) is 25.0 Å². The zero-order valence-electron chi connectivity index (χ0n) is 15.7. The smallest absolute Gasteiger partial charge is 0.325 e. The molecule has 1 heterocycles. The van der Waals surface area contributed by atoms with Crippen LogP contribution in [-0.4, -0.2) is 21.9 Å². The summed E-state index contributed by atoms with van der Waals surface area (Å²) in [4.78, 5) is 12.0. The summed E-state index contributed by atoms with van der Waals surface area (Å²) in [7, 11) is 0. The fraction of sp³-hybridized carbons (Fsp3) is 0.190. The minimum Gasteiger partial charge on any atom is -0.325 e. The first kappa shape index (κ1) is 20.9. The largest absolute Gasteiger partial charge is 0.416 e. The topological polar surface area (TPSA) is 54.9 Å². The van der Waals surface area contributed by atoms with Crippen LogP contribution in [0.15, 0.2) is 59.6 Å². The van der Waals surface area contributed by atoms with E-state index in [9.17, 15) is 18.0 Å². The van der Waals surface area contributed by atoms with Gasteiger partial charge in [0.15, 0.2) is 0 Å². The Kier molecular flexibility index (Phi) is 6.22. The minimum absolute atomic E-state index is 0.0681. The number of rotatable bonds is 5. The molecule has 3 aromatic rings.